The van der Waals surface area contributed by atoms with E-state index in [1.807, 2.05) is 49.4 Å². The Bertz CT molecular complexity index is 776. The topological polar surface area (TPSA) is 49.0 Å². The van der Waals surface area contributed by atoms with Gasteiger partial charge in [0.15, 0.2) is 0 Å². The third kappa shape index (κ3) is 2.16. The maximum absolute atomic E-state index is 12.5. The zero-order chi connectivity index (χ0) is 14.1. The highest BCUT2D eigenvalue weighted by molar-refractivity contribution is 6.06. The van der Waals surface area contributed by atoms with Crippen molar-refractivity contribution in [3.63, 3.8) is 0 Å². The molecule has 4 nitrogen and oxygen atoms in total. The van der Waals surface area contributed by atoms with Crippen LogP contribution in [-0.4, -0.2) is 22.9 Å². The first kappa shape index (κ1) is 12.4. The molecule has 1 heterocycles. The van der Waals surface area contributed by atoms with Gasteiger partial charge in [0.2, 0.25) is 0 Å². The Morgan fingerprint density at radius 2 is 2.05 bits per heavy atom. The molecule has 0 saturated carbocycles. The lowest BCUT2D eigenvalue weighted by Crippen LogP contribution is -2.26. The third-order valence-electron chi connectivity index (χ3n) is 3.36. The van der Waals surface area contributed by atoms with E-state index in [0.29, 0.717) is 5.56 Å². The number of nitrogens with one attached hydrogen (secondary N) is 1. The van der Waals surface area contributed by atoms with E-state index in [1.165, 1.54) is 0 Å². The van der Waals surface area contributed by atoms with Crippen molar-refractivity contribution >= 4 is 22.6 Å². The molecule has 2 aromatic carbocycles. The largest absolute Gasteiger partial charge is 0.345 e. The highest BCUT2D eigenvalue weighted by Gasteiger charge is 2.14. The van der Waals surface area contributed by atoms with E-state index in [-0.39, 0.29) is 5.91 Å². The van der Waals surface area contributed by atoms with Gasteiger partial charge in [-0.25, -0.2) is 4.98 Å². The average molecular weight is 265 g/mol. The molecule has 3 aromatic rings. The van der Waals surface area contributed by atoms with Gasteiger partial charge in [0.1, 0.15) is 0 Å². The first-order valence-corrected chi connectivity index (χ1v) is 6.43. The fourth-order valence-electron chi connectivity index (χ4n) is 2.22. The number of rotatable bonds is 2. The number of aromatic nitrogens is 2. The van der Waals surface area contributed by atoms with E-state index >= 15 is 0 Å². The zero-order valence-corrected chi connectivity index (χ0v) is 11.4. The molecule has 1 amide bonds. The van der Waals surface area contributed by atoms with Crippen molar-refractivity contribution in [3.05, 3.63) is 59.9 Å². The number of hydrogen-bond donors (Lipinski definition) is 1. The molecule has 0 bridgehead atoms. The molecule has 3 rings (SSSR count). The van der Waals surface area contributed by atoms with Crippen molar-refractivity contribution in [2.24, 2.45) is 0 Å². The van der Waals surface area contributed by atoms with Crippen LogP contribution in [0.3, 0.4) is 0 Å². The molecular formula is C16H15N3O. The SMILES string of the molecule is Cc1cccc(C(=O)N(C)c2ccc3nc[nH]c3c2)c1. The summed E-state index contributed by atoms with van der Waals surface area (Å²) < 4.78 is 0. The van der Waals surface area contributed by atoms with Crippen molar-refractivity contribution in [2.75, 3.05) is 11.9 Å². The lowest BCUT2D eigenvalue weighted by molar-refractivity contribution is 0.0993. The summed E-state index contributed by atoms with van der Waals surface area (Å²) in [7, 11) is 1.78. The van der Waals surface area contributed by atoms with E-state index < -0.39 is 0 Å². The van der Waals surface area contributed by atoms with E-state index in [0.717, 1.165) is 22.3 Å². The van der Waals surface area contributed by atoms with Crippen molar-refractivity contribution < 1.29 is 4.79 Å². The van der Waals surface area contributed by atoms with E-state index in [2.05, 4.69) is 9.97 Å². The number of H-pyrrole nitrogens is 1. The number of carbonyl (C=O) groups is 1. The number of benzene rings is 2. The summed E-state index contributed by atoms with van der Waals surface area (Å²) in [5.74, 6) is -0.0208. The molecule has 0 spiro atoms. The molecule has 20 heavy (non-hydrogen) atoms. The van der Waals surface area contributed by atoms with Crippen LogP contribution in [0.4, 0.5) is 5.69 Å². The van der Waals surface area contributed by atoms with Gasteiger partial charge in [-0.3, -0.25) is 4.79 Å². The van der Waals surface area contributed by atoms with Crippen molar-refractivity contribution in [1.29, 1.82) is 0 Å². The number of hydrogen-bond acceptors (Lipinski definition) is 2. The number of aryl methyl sites for hydroxylation is 1. The molecular weight excluding hydrogens is 250 g/mol. The minimum atomic E-state index is -0.0208. The van der Waals surface area contributed by atoms with E-state index in [4.69, 9.17) is 0 Å². The average Bonchev–Trinajstić information content (AvgIpc) is 2.93. The molecule has 0 saturated heterocycles. The molecule has 4 heteroatoms. The number of anilines is 1. The van der Waals surface area contributed by atoms with Gasteiger partial charge in [0.25, 0.3) is 5.91 Å². The normalized spacial score (nSPS) is 10.7. The van der Waals surface area contributed by atoms with Gasteiger partial charge in [-0.2, -0.15) is 0 Å². The highest BCUT2D eigenvalue weighted by Crippen LogP contribution is 2.20. The number of amides is 1. The Labute approximate surface area is 117 Å². The standard InChI is InChI=1S/C16H15N3O/c1-11-4-3-5-12(8-11)16(20)19(2)13-6-7-14-15(9-13)18-10-17-14/h3-10H,1-2H3,(H,17,18). The monoisotopic (exact) mass is 265 g/mol. The Balaban J connectivity index is 1.94. The summed E-state index contributed by atoms with van der Waals surface area (Å²) in [6.45, 7) is 1.98. The molecule has 0 atom stereocenters. The second-order valence-corrected chi connectivity index (χ2v) is 4.84. The van der Waals surface area contributed by atoms with Crippen LogP contribution in [0, 0.1) is 6.92 Å². The molecule has 0 aliphatic rings. The molecule has 100 valence electrons. The van der Waals surface area contributed by atoms with Crippen LogP contribution >= 0.6 is 0 Å². The van der Waals surface area contributed by atoms with E-state index in [1.54, 1.807) is 18.3 Å². The Morgan fingerprint density at radius 1 is 1.20 bits per heavy atom. The van der Waals surface area contributed by atoms with Crippen LogP contribution in [0.15, 0.2) is 48.8 Å². The quantitative estimate of drug-likeness (QED) is 0.773. The summed E-state index contributed by atoms with van der Waals surface area (Å²) in [5, 5.41) is 0. The van der Waals surface area contributed by atoms with Crippen LogP contribution in [0.25, 0.3) is 11.0 Å². The smallest absolute Gasteiger partial charge is 0.258 e. The Kier molecular flexibility index (Phi) is 2.99. The fourth-order valence-corrected chi connectivity index (χ4v) is 2.22. The minimum absolute atomic E-state index is 0.0208. The van der Waals surface area contributed by atoms with Crippen molar-refractivity contribution in [3.8, 4) is 0 Å². The lowest BCUT2D eigenvalue weighted by Gasteiger charge is -2.17. The molecule has 1 N–H and O–H groups in total. The lowest BCUT2D eigenvalue weighted by atomic mass is 10.1. The molecule has 0 fully saturated rings. The number of carbonyl (C=O) groups excluding carboxylic acids is 1. The molecule has 0 radical (unpaired) electrons. The van der Waals surface area contributed by atoms with Crippen molar-refractivity contribution in [1.82, 2.24) is 9.97 Å². The molecule has 1 aromatic heterocycles. The second-order valence-electron chi connectivity index (χ2n) is 4.84. The Morgan fingerprint density at radius 3 is 2.85 bits per heavy atom. The predicted molar refractivity (Wildman–Crippen MR) is 80.0 cm³/mol. The van der Waals surface area contributed by atoms with Crippen LogP contribution in [0.2, 0.25) is 0 Å². The molecule has 0 unspecified atom stereocenters. The van der Waals surface area contributed by atoms with Crippen molar-refractivity contribution in [2.45, 2.75) is 6.92 Å². The molecule has 0 aliphatic carbocycles. The van der Waals surface area contributed by atoms with Gasteiger partial charge >= 0.3 is 0 Å². The summed E-state index contributed by atoms with van der Waals surface area (Å²) in [6, 6.07) is 13.3. The summed E-state index contributed by atoms with van der Waals surface area (Å²) in [5.41, 5.74) is 4.43. The van der Waals surface area contributed by atoms with Gasteiger partial charge in [0.05, 0.1) is 17.4 Å². The van der Waals surface area contributed by atoms with Gasteiger partial charge in [-0.1, -0.05) is 17.7 Å². The van der Waals surface area contributed by atoms with Gasteiger partial charge in [0, 0.05) is 18.3 Å². The zero-order valence-electron chi connectivity index (χ0n) is 11.4. The Hall–Kier alpha value is -2.62. The second kappa shape index (κ2) is 4.81. The van der Waals surface area contributed by atoms with Gasteiger partial charge in [-0.15, -0.1) is 0 Å². The first-order valence-electron chi connectivity index (χ1n) is 6.43. The predicted octanol–water partition coefficient (Wildman–Crippen LogP) is 3.15. The van der Waals surface area contributed by atoms with Crippen LogP contribution in [0.5, 0.6) is 0 Å². The summed E-state index contributed by atoms with van der Waals surface area (Å²) in [6.07, 6.45) is 1.65. The summed E-state index contributed by atoms with van der Waals surface area (Å²) >= 11 is 0. The number of imidazole rings is 1. The summed E-state index contributed by atoms with van der Waals surface area (Å²) in [4.78, 5) is 21.3. The fraction of sp³-hybridized carbons (Fsp3) is 0.125. The van der Waals surface area contributed by atoms with Gasteiger partial charge < -0.3 is 9.88 Å². The number of fused-ring (bicyclic) bond motifs is 1. The first-order chi connectivity index (χ1) is 9.65. The number of aromatic amines is 1. The van der Waals surface area contributed by atoms with Crippen LogP contribution in [0.1, 0.15) is 15.9 Å². The van der Waals surface area contributed by atoms with Crippen LogP contribution in [-0.2, 0) is 0 Å². The van der Waals surface area contributed by atoms with Crippen LogP contribution < -0.4 is 4.90 Å². The molecule has 0 aliphatic heterocycles. The maximum atomic E-state index is 12.5. The number of nitrogens with zero attached hydrogens (tertiary/aromatic N) is 2. The van der Waals surface area contributed by atoms with E-state index in [9.17, 15) is 4.79 Å². The highest BCUT2D eigenvalue weighted by atomic mass is 16.2. The minimum Gasteiger partial charge on any atom is -0.345 e. The van der Waals surface area contributed by atoms with Gasteiger partial charge in [-0.05, 0) is 37.3 Å². The maximum Gasteiger partial charge on any atom is 0.258 e. The third-order valence-corrected chi connectivity index (χ3v) is 3.36.